The molecule has 1 nitrogen and oxygen atoms in total. The Labute approximate surface area is 69.7 Å². The molecule has 0 aromatic rings. The van der Waals surface area contributed by atoms with Gasteiger partial charge < -0.3 is 5.11 Å². The third-order valence-electron chi connectivity index (χ3n) is 1.33. The molecule has 0 rings (SSSR count). The normalized spacial score (nSPS) is 18.2. The predicted octanol–water partition coefficient (Wildman–Crippen LogP) is 2.42. The summed E-state index contributed by atoms with van der Waals surface area (Å²) >= 11 is 0. The number of aliphatic hydroxyl groups is 1. The largest absolute Gasteiger partial charge is 0.455 e. The number of rotatable bonds is 2. The van der Waals surface area contributed by atoms with Gasteiger partial charge in [-0.2, -0.15) is 26.3 Å². The van der Waals surface area contributed by atoms with E-state index in [1.807, 2.05) is 0 Å². The van der Waals surface area contributed by atoms with Crippen LogP contribution in [0.2, 0.25) is 0 Å². The summed E-state index contributed by atoms with van der Waals surface area (Å²) in [7, 11) is 0. The minimum absolute atomic E-state index is 0.482. The van der Waals surface area contributed by atoms with Gasteiger partial charge in [0.15, 0.2) is 0 Å². The molecule has 0 bridgehead atoms. The second kappa shape index (κ2) is 2.90. The Morgan fingerprint density at radius 1 is 1.08 bits per heavy atom. The molecular weight excluding hydrogens is 202 g/mol. The number of alkyl halides is 6. The van der Waals surface area contributed by atoms with Crippen molar-refractivity contribution in [2.24, 2.45) is 0 Å². The van der Waals surface area contributed by atoms with Crippen LogP contribution in [-0.4, -0.2) is 23.1 Å². The third kappa shape index (κ3) is 1.79. The first-order valence-corrected chi connectivity index (χ1v) is 2.96. The van der Waals surface area contributed by atoms with E-state index in [0.717, 1.165) is 0 Å². The second-order valence-corrected chi connectivity index (χ2v) is 2.47. The van der Waals surface area contributed by atoms with Gasteiger partial charge in [-0.25, -0.2) is 0 Å². The van der Waals surface area contributed by atoms with E-state index in [9.17, 15) is 26.3 Å². The highest BCUT2D eigenvalue weighted by molar-refractivity contribution is 5.12. The minimum Gasteiger partial charge on any atom is -0.350 e. The van der Waals surface area contributed by atoms with Gasteiger partial charge in [0.2, 0.25) is 0 Å². The van der Waals surface area contributed by atoms with Crippen molar-refractivity contribution < 1.29 is 31.4 Å². The fourth-order valence-corrected chi connectivity index (χ4v) is 0.461. The lowest BCUT2D eigenvalue weighted by molar-refractivity contribution is -0.375. The summed E-state index contributed by atoms with van der Waals surface area (Å²) in [5, 5.41) is 7.95. The van der Waals surface area contributed by atoms with Gasteiger partial charge in [0.1, 0.15) is 0 Å². The van der Waals surface area contributed by atoms with Gasteiger partial charge in [0, 0.05) is 0 Å². The molecule has 78 valence electrons. The SMILES string of the molecule is C=C(C)C(F)(F)[C@@](O)(F)C(F)(F)F. The Morgan fingerprint density at radius 2 is 1.38 bits per heavy atom. The number of hydrogen-bond acceptors (Lipinski definition) is 1. The van der Waals surface area contributed by atoms with Crippen molar-refractivity contribution in [1.29, 1.82) is 0 Å². The van der Waals surface area contributed by atoms with E-state index in [0.29, 0.717) is 6.92 Å². The molecule has 0 spiro atoms. The quantitative estimate of drug-likeness (QED) is 0.545. The number of halogens is 6. The fraction of sp³-hybridized carbons (Fsp3) is 0.667. The van der Waals surface area contributed by atoms with E-state index in [1.54, 1.807) is 0 Å². The Morgan fingerprint density at radius 3 is 1.46 bits per heavy atom. The van der Waals surface area contributed by atoms with Crippen LogP contribution in [0.3, 0.4) is 0 Å². The van der Waals surface area contributed by atoms with E-state index in [2.05, 4.69) is 6.58 Å². The molecule has 0 aliphatic carbocycles. The van der Waals surface area contributed by atoms with Gasteiger partial charge in [0.25, 0.3) is 0 Å². The predicted molar refractivity (Wildman–Crippen MR) is 31.9 cm³/mol. The van der Waals surface area contributed by atoms with Crippen molar-refractivity contribution in [3.63, 3.8) is 0 Å². The molecule has 0 aliphatic rings. The summed E-state index contributed by atoms with van der Waals surface area (Å²) in [5.41, 5.74) is -1.41. The summed E-state index contributed by atoms with van der Waals surface area (Å²) in [5.74, 6) is -10.6. The third-order valence-corrected chi connectivity index (χ3v) is 1.33. The average molecular weight is 208 g/mol. The Hall–Kier alpha value is -0.720. The highest BCUT2D eigenvalue weighted by Gasteiger charge is 2.71. The molecule has 0 aromatic heterocycles. The van der Waals surface area contributed by atoms with Crippen LogP contribution in [0.1, 0.15) is 6.92 Å². The van der Waals surface area contributed by atoms with Crippen molar-refractivity contribution >= 4 is 0 Å². The maximum Gasteiger partial charge on any atom is 0.455 e. The summed E-state index contributed by atoms with van der Waals surface area (Å²) in [6, 6.07) is 0. The fourth-order valence-electron chi connectivity index (χ4n) is 0.461. The van der Waals surface area contributed by atoms with Crippen LogP contribution in [0, 0.1) is 0 Å². The standard InChI is InChI=1S/C6H6F6O/c1-3(2)4(7,8)5(9,13)6(10,11)12/h13H,1H2,2H3/t5-/m0/s1. The van der Waals surface area contributed by atoms with Crippen molar-refractivity contribution in [3.05, 3.63) is 12.2 Å². The lowest BCUT2D eigenvalue weighted by atomic mass is 10.0. The van der Waals surface area contributed by atoms with Gasteiger partial charge in [-0.1, -0.05) is 6.58 Å². The molecule has 0 unspecified atom stereocenters. The van der Waals surface area contributed by atoms with E-state index < -0.39 is 23.5 Å². The van der Waals surface area contributed by atoms with E-state index in [1.165, 1.54) is 0 Å². The molecule has 7 heteroatoms. The molecule has 0 saturated heterocycles. The maximum atomic E-state index is 12.4. The van der Waals surface area contributed by atoms with Crippen LogP contribution in [-0.2, 0) is 0 Å². The van der Waals surface area contributed by atoms with Crippen molar-refractivity contribution in [1.82, 2.24) is 0 Å². The number of hydrogen-bond donors (Lipinski definition) is 1. The summed E-state index contributed by atoms with van der Waals surface area (Å²) < 4.78 is 71.6. The van der Waals surface area contributed by atoms with E-state index in [4.69, 9.17) is 5.11 Å². The monoisotopic (exact) mass is 208 g/mol. The van der Waals surface area contributed by atoms with Crippen LogP contribution in [0.15, 0.2) is 12.2 Å². The zero-order chi connectivity index (χ0) is 11.1. The van der Waals surface area contributed by atoms with Gasteiger partial charge in [-0.05, 0) is 12.5 Å². The second-order valence-electron chi connectivity index (χ2n) is 2.47. The lowest BCUT2D eigenvalue weighted by Crippen LogP contribution is -2.55. The van der Waals surface area contributed by atoms with Crippen molar-refractivity contribution in [2.75, 3.05) is 0 Å². The minimum atomic E-state index is -6.06. The molecule has 0 aromatic carbocycles. The molecule has 13 heavy (non-hydrogen) atoms. The molecule has 0 heterocycles. The molecule has 0 fully saturated rings. The molecule has 0 saturated carbocycles. The molecule has 1 atom stereocenters. The van der Waals surface area contributed by atoms with Gasteiger partial charge in [-0.3, -0.25) is 0 Å². The van der Waals surface area contributed by atoms with Crippen molar-refractivity contribution in [3.8, 4) is 0 Å². The van der Waals surface area contributed by atoms with Crippen LogP contribution >= 0.6 is 0 Å². The highest BCUT2D eigenvalue weighted by Crippen LogP contribution is 2.46. The van der Waals surface area contributed by atoms with Crippen LogP contribution < -0.4 is 0 Å². The summed E-state index contributed by atoms with van der Waals surface area (Å²) in [6.45, 7) is 2.94. The molecule has 1 N–H and O–H groups in total. The molecule has 0 aliphatic heterocycles. The van der Waals surface area contributed by atoms with E-state index in [-0.39, 0.29) is 0 Å². The zero-order valence-electron chi connectivity index (χ0n) is 6.42. The first-order valence-electron chi connectivity index (χ1n) is 2.96. The van der Waals surface area contributed by atoms with Gasteiger partial charge in [0.05, 0.1) is 0 Å². The van der Waals surface area contributed by atoms with Gasteiger partial charge >= 0.3 is 18.0 Å². The molecule has 0 amide bonds. The van der Waals surface area contributed by atoms with Crippen LogP contribution in [0.4, 0.5) is 26.3 Å². The summed E-state index contributed by atoms with van der Waals surface area (Å²) in [4.78, 5) is 0. The van der Waals surface area contributed by atoms with Crippen molar-refractivity contribution in [2.45, 2.75) is 24.9 Å². The Kier molecular flexibility index (Phi) is 2.74. The Bertz CT molecular complexity index is 216. The first kappa shape index (κ1) is 12.3. The van der Waals surface area contributed by atoms with Gasteiger partial charge in [-0.15, -0.1) is 0 Å². The first-order chi connectivity index (χ1) is 5.44. The smallest absolute Gasteiger partial charge is 0.350 e. The summed E-state index contributed by atoms with van der Waals surface area (Å²) in [6.07, 6.45) is -6.06. The molecule has 0 radical (unpaired) electrons. The maximum absolute atomic E-state index is 12.4. The average Bonchev–Trinajstić information content (AvgIpc) is 1.84. The topological polar surface area (TPSA) is 20.2 Å². The van der Waals surface area contributed by atoms with E-state index >= 15 is 0 Å². The lowest BCUT2D eigenvalue weighted by Gasteiger charge is -2.30. The highest BCUT2D eigenvalue weighted by atomic mass is 19.4. The van der Waals surface area contributed by atoms with Crippen LogP contribution in [0.5, 0.6) is 0 Å². The molecular formula is C6H6F6O. The Balaban J connectivity index is 5.16. The van der Waals surface area contributed by atoms with Crippen LogP contribution in [0.25, 0.3) is 0 Å². The zero-order valence-corrected chi connectivity index (χ0v) is 6.42.